The monoisotopic (exact) mass is 900 g/mol. The first-order chi connectivity index (χ1) is 28.7. The standard InChI is InChI=1S/C42H52N6O13.Ni/c1-40(16-30(43)50)22(5-9-33(54)55)27-15-42-41(2,17-31(51)48-42)23(6-10-34(56)57)26(47-42)13-24-20(11-35(58)59)19(4-8-32(52)53)39(45-24)37-28(49)7-3-18-21(12-36(60)61)25(46-38(18)37)14-29(40)44-27;/h13,18-23,25,27,49H,3-12,14-17H2,1-2H3,(H2,43,50)(H,48,51)(H,52,53)(H,54,55)(H,56,57)(H,58,59)(H,60,61);/p-6/t18-,19-,20-,21-,22+,23+,25+,27-,40-,41-,42-;/m0./s1. The zero-order valence-electron chi connectivity index (χ0n) is 34.0. The number of carbonyl (C=O) groups is 5. The number of fused-ring (bicyclic) bond motifs is 4. The summed E-state index contributed by atoms with van der Waals surface area (Å²) < 4.78 is 0. The quantitative estimate of drug-likeness (QED) is 0.0868. The van der Waals surface area contributed by atoms with Gasteiger partial charge in [-0.2, -0.15) is 0 Å². The molecule has 0 aromatic rings. The van der Waals surface area contributed by atoms with Crippen molar-refractivity contribution in [2.24, 2.45) is 71.3 Å². The van der Waals surface area contributed by atoms with Crippen LogP contribution in [0.5, 0.6) is 0 Å². The molecule has 19 nitrogen and oxygen atoms in total. The minimum Gasteiger partial charge on any atom is -0.875 e. The number of aliphatic carboxylic acids is 5. The Morgan fingerprint density at radius 2 is 1.48 bits per heavy atom. The van der Waals surface area contributed by atoms with E-state index in [-0.39, 0.29) is 103 Å². The normalized spacial score (nSPS) is 35.4. The van der Waals surface area contributed by atoms with Gasteiger partial charge in [0.2, 0.25) is 0 Å². The van der Waals surface area contributed by atoms with E-state index in [1.165, 1.54) is 6.08 Å². The zero-order valence-corrected chi connectivity index (χ0v) is 35.0. The fourth-order valence-corrected chi connectivity index (χ4v) is 11.8. The second kappa shape index (κ2) is 17.1. The molecule has 20 heteroatoms. The number of allylic oxidation sites excluding steroid dienone is 4. The van der Waals surface area contributed by atoms with E-state index in [0.29, 0.717) is 5.71 Å². The molecule has 3 N–H and O–H groups in total. The first kappa shape index (κ1) is 46.3. The summed E-state index contributed by atoms with van der Waals surface area (Å²) in [6, 6.07) is -1.75. The van der Waals surface area contributed by atoms with Gasteiger partial charge < -0.3 is 60.6 Å². The molecule has 0 saturated carbocycles. The van der Waals surface area contributed by atoms with Crippen LogP contribution >= 0.6 is 0 Å². The van der Waals surface area contributed by atoms with Crippen molar-refractivity contribution in [3.05, 3.63) is 23.1 Å². The number of hydrogen-bond acceptors (Lipinski definition) is 17. The van der Waals surface area contributed by atoms with Crippen molar-refractivity contribution in [3.8, 4) is 0 Å². The van der Waals surface area contributed by atoms with E-state index < -0.39 is 144 Å². The number of nitrogens with zero attached hydrogens (tertiary/aromatic N) is 5. The molecule has 0 amide bonds. The molecule has 0 fully saturated rings. The molecule has 0 aromatic heterocycles. The van der Waals surface area contributed by atoms with E-state index in [4.69, 9.17) is 25.4 Å². The molecule has 7 rings (SSSR count). The van der Waals surface area contributed by atoms with Crippen LogP contribution in [0.3, 0.4) is 0 Å². The molecule has 0 aromatic carbocycles. The molecule has 0 saturated heterocycles. The molecule has 1 aliphatic carbocycles. The van der Waals surface area contributed by atoms with Gasteiger partial charge in [-0.05, 0) is 88.0 Å². The Kier molecular flexibility index (Phi) is 12.8. The van der Waals surface area contributed by atoms with Crippen LogP contribution in [0.25, 0.3) is 0 Å². The summed E-state index contributed by atoms with van der Waals surface area (Å²) in [5.74, 6) is -13.4. The molecule has 0 unspecified atom stereocenters. The molecule has 6 heterocycles. The molecule has 0 radical (unpaired) electrons. The summed E-state index contributed by atoms with van der Waals surface area (Å²) in [6.07, 6.45) is -1.87. The maximum Gasteiger partial charge on any atom is 0.304 e. The van der Waals surface area contributed by atoms with Crippen LogP contribution in [0, 0.1) is 51.7 Å². The number of nitrogens with one attached hydrogen (secondary N) is 1. The van der Waals surface area contributed by atoms with Crippen LogP contribution < -0.4 is 30.6 Å². The average Bonchev–Trinajstić information content (AvgIpc) is 3.83. The molecular weight excluding hydrogens is 855 g/mol. The van der Waals surface area contributed by atoms with Gasteiger partial charge in [-0.1, -0.05) is 13.8 Å². The van der Waals surface area contributed by atoms with E-state index in [2.05, 4.69) is 4.99 Å². The zero-order chi connectivity index (χ0) is 44.3. The smallest absolute Gasteiger partial charge is 0.304 e. The largest absolute Gasteiger partial charge is 0.875 e. The van der Waals surface area contributed by atoms with Crippen LogP contribution in [-0.2, 0) is 40.5 Å². The van der Waals surface area contributed by atoms with E-state index in [0.717, 1.165) is 0 Å². The van der Waals surface area contributed by atoms with Crippen molar-refractivity contribution in [1.82, 2.24) is 0 Å². The fourth-order valence-electron chi connectivity index (χ4n) is 11.8. The molecule has 8 bridgehead atoms. The maximum absolute atomic E-state index is 14.2. The second-order valence-corrected chi connectivity index (χ2v) is 18.1. The number of carboxylic acid groups (broad SMARTS) is 5. The van der Waals surface area contributed by atoms with Gasteiger partial charge in [0.05, 0.1) is 30.6 Å². The SMILES string of the molecule is C[C@@]12CC([O-])=N[C@@]13C[C@@H]1N=C(C[C@H]4N=C5C(=C([O-])CC[C@H]5[C@@H]4CC(=O)O)C4=NC(=CC(=N3)[C@H]2CCC(=O)[O-])[C@@H](CC(=O)O)[C@@H]4CCC(=O)[O-])[C@@](C)(CC(=N)[O-])[C@@H]1CCC(=O)[O-].[Ni]. The maximum atomic E-state index is 14.2. The van der Waals surface area contributed by atoms with Gasteiger partial charge in [0.15, 0.2) is 5.66 Å². The number of carbonyl (C=O) groups excluding carboxylic acids is 3. The van der Waals surface area contributed by atoms with E-state index in [1.807, 2.05) is 0 Å². The van der Waals surface area contributed by atoms with E-state index >= 15 is 0 Å². The molecule has 1 spiro atoms. The molecule has 62 heavy (non-hydrogen) atoms. The Bertz CT molecular complexity index is 2200. The number of carboxylic acids is 5. The summed E-state index contributed by atoms with van der Waals surface area (Å²) in [4.78, 5) is 85.7. The van der Waals surface area contributed by atoms with Crippen molar-refractivity contribution in [3.63, 3.8) is 0 Å². The van der Waals surface area contributed by atoms with Gasteiger partial charge in [0, 0.05) is 116 Å². The number of hydrogen-bond donors (Lipinski definition) is 3. The second-order valence-electron chi connectivity index (χ2n) is 18.1. The number of rotatable bonds is 15. The van der Waals surface area contributed by atoms with Crippen LogP contribution in [0.2, 0.25) is 0 Å². The van der Waals surface area contributed by atoms with Gasteiger partial charge in [0.25, 0.3) is 0 Å². The van der Waals surface area contributed by atoms with Gasteiger partial charge >= 0.3 is 11.9 Å². The summed E-state index contributed by atoms with van der Waals surface area (Å²) >= 11 is 0. The topological polar surface area (TPSA) is 350 Å². The summed E-state index contributed by atoms with van der Waals surface area (Å²) in [5, 5.41) is 105. The Balaban J connectivity index is 0.00000641. The van der Waals surface area contributed by atoms with Crippen molar-refractivity contribution >= 4 is 64.5 Å². The molecule has 11 atom stereocenters. The third kappa shape index (κ3) is 8.21. The predicted octanol–water partition coefficient (Wildman–Crippen LogP) is -2.54. The van der Waals surface area contributed by atoms with Crippen LogP contribution in [0.4, 0.5) is 0 Å². The van der Waals surface area contributed by atoms with Gasteiger partial charge in [-0.3, -0.25) is 34.6 Å². The first-order valence-electron chi connectivity index (χ1n) is 20.6. The fraction of sp³-hybridized carbons (Fsp3) is 0.643. The van der Waals surface area contributed by atoms with Gasteiger partial charge in [0.1, 0.15) is 0 Å². The van der Waals surface area contributed by atoms with Crippen LogP contribution in [0.15, 0.2) is 48.1 Å². The van der Waals surface area contributed by atoms with Crippen LogP contribution in [-0.4, -0.2) is 92.4 Å². The van der Waals surface area contributed by atoms with Crippen LogP contribution in [0.1, 0.15) is 104 Å². The first-order valence-corrected chi connectivity index (χ1v) is 20.6. The Labute approximate surface area is 366 Å². The minimum absolute atomic E-state index is 0. The van der Waals surface area contributed by atoms with Gasteiger partial charge in [-0.15, -0.1) is 5.76 Å². The average molecular weight is 902 g/mol. The van der Waals surface area contributed by atoms with E-state index in [1.54, 1.807) is 13.8 Å². The van der Waals surface area contributed by atoms with Crippen molar-refractivity contribution in [2.75, 3.05) is 0 Å². The molecule has 6 aliphatic heterocycles. The third-order valence-electron chi connectivity index (χ3n) is 14.5. The molecular formula is C42H46N6NiO13-6. The minimum atomic E-state index is -1.65. The summed E-state index contributed by atoms with van der Waals surface area (Å²) in [5.41, 5.74) is -3.09. The summed E-state index contributed by atoms with van der Waals surface area (Å²) in [7, 11) is 0. The van der Waals surface area contributed by atoms with Crippen molar-refractivity contribution < 1.29 is 81.3 Å². The molecule has 338 valence electrons. The summed E-state index contributed by atoms with van der Waals surface area (Å²) in [6.45, 7) is 3.42. The predicted molar refractivity (Wildman–Crippen MR) is 202 cm³/mol. The van der Waals surface area contributed by atoms with Gasteiger partial charge in [-0.25, -0.2) is 0 Å². The van der Waals surface area contributed by atoms with Crippen molar-refractivity contribution in [1.29, 1.82) is 5.41 Å². The Hall–Kier alpha value is -5.26. The Morgan fingerprint density at radius 1 is 0.839 bits per heavy atom. The Morgan fingerprint density at radius 3 is 2.11 bits per heavy atom. The third-order valence-corrected chi connectivity index (χ3v) is 14.5. The van der Waals surface area contributed by atoms with Crippen molar-refractivity contribution in [2.45, 2.75) is 121 Å². The van der Waals surface area contributed by atoms with E-state index in [9.17, 15) is 64.8 Å². The number of aliphatic imine (C=N–C) groups is 5. The molecule has 7 aliphatic rings.